The van der Waals surface area contributed by atoms with Crippen molar-refractivity contribution in [2.45, 2.75) is 11.8 Å². The molecule has 1 rings (SSSR count). The van der Waals surface area contributed by atoms with E-state index in [0.29, 0.717) is 0 Å². The quantitative estimate of drug-likeness (QED) is 0.506. The first-order valence-corrected chi connectivity index (χ1v) is 3.87. The van der Waals surface area contributed by atoms with Crippen molar-refractivity contribution in [1.82, 2.24) is 4.98 Å². The highest BCUT2D eigenvalue weighted by atomic mass is 79.9. The first-order valence-electron chi connectivity index (χ1n) is 2.95. The first kappa shape index (κ1) is 7.66. The van der Waals surface area contributed by atoms with Crippen molar-refractivity contribution in [3.05, 3.63) is 29.8 Å². The Morgan fingerprint density at radius 1 is 1.70 bits per heavy atom. The van der Waals surface area contributed by atoms with Gasteiger partial charge in [-0.25, -0.2) is 4.98 Å². The fourth-order valence-electron chi connectivity index (χ4n) is 0.665. The first-order chi connectivity index (χ1) is 4.70. The van der Waals surface area contributed by atoms with Gasteiger partial charge >= 0.3 is 0 Å². The molecule has 1 nitrogen and oxygen atoms in total. The second kappa shape index (κ2) is 3.10. The molecule has 1 unspecified atom stereocenters. The molecule has 10 heavy (non-hydrogen) atoms. The van der Waals surface area contributed by atoms with Gasteiger partial charge in [0.05, 0.1) is 0 Å². The highest BCUT2D eigenvalue weighted by Gasteiger charge is 2.00. The highest BCUT2D eigenvalue weighted by molar-refractivity contribution is 9.09. The molecule has 1 heterocycles. The largest absolute Gasteiger partial charge is 0.228 e. The third-order valence-corrected chi connectivity index (χ3v) is 1.74. The Labute approximate surface area is 67.4 Å². The monoisotopic (exact) mass is 203 g/mol. The number of hydrogen-bond donors (Lipinski definition) is 0. The number of halogens is 2. The average Bonchev–Trinajstić information content (AvgIpc) is 1.88. The molecule has 0 aliphatic heterocycles. The fraction of sp³-hybridized carbons (Fsp3) is 0.286. The van der Waals surface area contributed by atoms with Crippen LogP contribution in [0.1, 0.15) is 17.3 Å². The molecule has 0 fully saturated rings. The predicted molar refractivity (Wildman–Crippen MR) is 41.5 cm³/mol. The van der Waals surface area contributed by atoms with Crippen LogP contribution in [0.3, 0.4) is 0 Å². The fourth-order valence-corrected chi connectivity index (χ4v) is 0.950. The molecule has 0 N–H and O–H groups in total. The Balaban J connectivity index is 2.96. The van der Waals surface area contributed by atoms with Gasteiger partial charge in [-0.3, -0.25) is 0 Å². The van der Waals surface area contributed by atoms with Crippen LogP contribution in [-0.2, 0) is 0 Å². The summed E-state index contributed by atoms with van der Waals surface area (Å²) in [6.45, 7) is 1.94. The van der Waals surface area contributed by atoms with Gasteiger partial charge in [0.2, 0.25) is 5.95 Å². The molecule has 0 aliphatic rings. The van der Waals surface area contributed by atoms with Crippen LogP contribution in [-0.4, -0.2) is 4.98 Å². The topological polar surface area (TPSA) is 12.9 Å². The van der Waals surface area contributed by atoms with Gasteiger partial charge < -0.3 is 0 Å². The van der Waals surface area contributed by atoms with E-state index in [2.05, 4.69) is 20.9 Å². The average molecular weight is 204 g/mol. The molecule has 1 atom stereocenters. The molecule has 0 spiro atoms. The van der Waals surface area contributed by atoms with Crippen LogP contribution in [0.2, 0.25) is 0 Å². The van der Waals surface area contributed by atoms with Gasteiger partial charge in [-0.15, -0.1) is 0 Å². The Bertz CT molecular complexity index is 225. The van der Waals surface area contributed by atoms with Crippen LogP contribution in [0.25, 0.3) is 0 Å². The summed E-state index contributed by atoms with van der Waals surface area (Å²) in [6.07, 6.45) is 1.46. The van der Waals surface area contributed by atoms with Gasteiger partial charge in [0, 0.05) is 11.0 Å². The molecule has 0 aromatic carbocycles. The third kappa shape index (κ3) is 1.77. The van der Waals surface area contributed by atoms with Crippen molar-refractivity contribution in [1.29, 1.82) is 0 Å². The Morgan fingerprint density at radius 3 is 2.80 bits per heavy atom. The van der Waals surface area contributed by atoms with Gasteiger partial charge in [-0.1, -0.05) is 15.9 Å². The minimum Gasteiger partial charge on any atom is -0.228 e. The Morgan fingerprint density at radius 2 is 2.40 bits per heavy atom. The summed E-state index contributed by atoms with van der Waals surface area (Å²) in [6, 6.07) is 3.20. The van der Waals surface area contributed by atoms with Crippen molar-refractivity contribution in [2.75, 3.05) is 0 Å². The number of hydrogen-bond acceptors (Lipinski definition) is 1. The second-order valence-electron chi connectivity index (χ2n) is 2.03. The van der Waals surface area contributed by atoms with E-state index in [1.807, 2.05) is 6.92 Å². The Kier molecular flexibility index (Phi) is 2.38. The lowest BCUT2D eigenvalue weighted by atomic mass is 10.2. The van der Waals surface area contributed by atoms with Crippen LogP contribution >= 0.6 is 15.9 Å². The van der Waals surface area contributed by atoms with E-state index >= 15 is 0 Å². The van der Waals surface area contributed by atoms with Crippen LogP contribution in [0.15, 0.2) is 18.3 Å². The summed E-state index contributed by atoms with van der Waals surface area (Å²) < 4.78 is 12.4. The van der Waals surface area contributed by atoms with Crippen molar-refractivity contribution in [3.63, 3.8) is 0 Å². The number of alkyl halides is 1. The molecule has 0 amide bonds. The van der Waals surface area contributed by atoms with E-state index in [4.69, 9.17) is 0 Å². The van der Waals surface area contributed by atoms with E-state index in [0.717, 1.165) is 5.56 Å². The zero-order chi connectivity index (χ0) is 7.56. The predicted octanol–water partition coefficient (Wildman–Crippen LogP) is 2.68. The zero-order valence-electron chi connectivity index (χ0n) is 5.51. The standard InChI is InChI=1S/C7H7BrFN/c1-5(8)6-2-3-10-7(9)4-6/h2-5H,1H3. The highest BCUT2D eigenvalue weighted by Crippen LogP contribution is 2.20. The molecule has 1 aromatic heterocycles. The number of pyridine rings is 1. The molecular weight excluding hydrogens is 197 g/mol. The van der Waals surface area contributed by atoms with Gasteiger partial charge in [0.25, 0.3) is 0 Å². The molecule has 54 valence electrons. The van der Waals surface area contributed by atoms with Gasteiger partial charge in [0.15, 0.2) is 0 Å². The van der Waals surface area contributed by atoms with Gasteiger partial charge in [-0.2, -0.15) is 4.39 Å². The van der Waals surface area contributed by atoms with Crippen molar-refractivity contribution < 1.29 is 4.39 Å². The van der Waals surface area contributed by atoms with E-state index in [9.17, 15) is 4.39 Å². The van der Waals surface area contributed by atoms with Crippen LogP contribution in [0.4, 0.5) is 4.39 Å². The Hall–Kier alpha value is -0.440. The maximum absolute atomic E-state index is 12.4. The summed E-state index contributed by atoms with van der Waals surface area (Å²) in [7, 11) is 0. The second-order valence-corrected chi connectivity index (χ2v) is 3.40. The summed E-state index contributed by atoms with van der Waals surface area (Å²) in [5, 5.41) is 0. The van der Waals surface area contributed by atoms with E-state index in [-0.39, 0.29) is 4.83 Å². The lowest BCUT2D eigenvalue weighted by molar-refractivity contribution is 0.581. The number of aromatic nitrogens is 1. The summed E-state index contributed by atoms with van der Waals surface area (Å²) >= 11 is 3.32. The van der Waals surface area contributed by atoms with Gasteiger partial charge in [0.1, 0.15) is 0 Å². The summed E-state index contributed by atoms with van der Waals surface area (Å²) in [4.78, 5) is 3.62. The van der Waals surface area contributed by atoms with Crippen molar-refractivity contribution in [3.8, 4) is 0 Å². The molecule has 3 heteroatoms. The van der Waals surface area contributed by atoms with E-state index < -0.39 is 5.95 Å². The maximum atomic E-state index is 12.4. The SMILES string of the molecule is CC(Br)c1ccnc(F)c1. The van der Waals surface area contributed by atoms with Crippen molar-refractivity contribution in [2.24, 2.45) is 0 Å². The minimum atomic E-state index is -0.427. The van der Waals surface area contributed by atoms with E-state index in [1.165, 1.54) is 12.3 Å². The number of nitrogens with zero attached hydrogens (tertiary/aromatic N) is 1. The summed E-state index contributed by atoms with van der Waals surface area (Å²) in [5.74, 6) is -0.427. The van der Waals surface area contributed by atoms with Crippen molar-refractivity contribution >= 4 is 15.9 Å². The molecule has 1 aromatic rings. The van der Waals surface area contributed by atoms with Crippen LogP contribution in [0, 0.1) is 5.95 Å². The van der Waals surface area contributed by atoms with Crippen LogP contribution in [0.5, 0.6) is 0 Å². The zero-order valence-corrected chi connectivity index (χ0v) is 7.10. The normalized spacial score (nSPS) is 13.1. The minimum absolute atomic E-state index is 0.185. The molecular formula is C7H7BrFN. The lowest BCUT2D eigenvalue weighted by Gasteiger charge is -2.00. The molecule has 0 saturated heterocycles. The third-order valence-electron chi connectivity index (χ3n) is 1.21. The van der Waals surface area contributed by atoms with Gasteiger partial charge in [-0.05, 0) is 24.6 Å². The maximum Gasteiger partial charge on any atom is 0.213 e. The smallest absolute Gasteiger partial charge is 0.213 e. The number of rotatable bonds is 1. The molecule has 0 saturated carbocycles. The molecule has 0 radical (unpaired) electrons. The lowest BCUT2D eigenvalue weighted by Crippen LogP contribution is -1.87. The molecule has 0 aliphatic carbocycles. The van der Waals surface area contributed by atoms with Crippen LogP contribution < -0.4 is 0 Å². The van der Waals surface area contributed by atoms with E-state index in [1.54, 1.807) is 6.07 Å². The molecule has 0 bridgehead atoms. The summed E-state index contributed by atoms with van der Waals surface area (Å²) in [5.41, 5.74) is 0.910.